The van der Waals surface area contributed by atoms with Gasteiger partial charge < -0.3 is 25.0 Å². The topological polar surface area (TPSA) is 105 Å². The first-order valence-corrected chi connectivity index (χ1v) is 9.35. The van der Waals surface area contributed by atoms with Crippen molar-refractivity contribution in [1.82, 2.24) is 5.32 Å². The van der Waals surface area contributed by atoms with Crippen LogP contribution in [0.2, 0.25) is 0 Å². The highest BCUT2D eigenvalue weighted by Gasteiger charge is 2.38. The average Bonchev–Trinajstić information content (AvgIpc) is 3.04. The second-order valence-electron chi connectivity index (χ2n) is 6.96. The molecule has 7 nitrogen and oxygen atoms in total. The maximum Gasteiger partial charge on any atom is 0.416 e. The molecule has 1 amide bonds. The lowest BCUT2D eigenvalue weighted by atomic mass is 9.98. The molecule has 0 radical (unpaired) electrons. The first-order valence-electron chi connectivity index (χ1n) is 9.35. The van der Waals surface area contributed by atoms with Gasteiger partial charge in [0.2, 0.25) is 0 Å². The number of benzene rings is 2. The SMILES string of the molecule is O=C(NC(COCC(O)C(F)(F)F)C(=O)O)OCC1c2ccccc2-c2ccccc21. The van der Waals surface area contributed by atoms with Gasteiger partial charge >= 0.3 is 18.2 Å². The van der Waals surface area contributed by atoms with E-state index in [0.717, 1.165) is 22.3 Å². The van der Waals surface area contributed by atoms with E-state index < -0.39 is 43.6 Å². The minimum Gasteiger partial charge on any atom is -0.480 e. The van der Waals surface area contributed by atoms with Gasteiger partial charge in [-0.05, 0) is 22.3 Å². The summed E-state index contributed by atoms with van der Waals surface area (Å²) in [7, 11) is 0. The smallest absolute Gasteiger partial charge is 0.416 e. The lowest BCUT2D eigenvalue weighted by Crippen LogP contribution is -2.45. The average molecular weight is 439 g/mol. The molecule has 0 heterocycles. The van der Waals surface area contributed by atoms with Crippen molar-refractivity contribution >= 4 is 12.1 Å². The maximum atomic E-state index is 12.3. The number of nitrogens with one attached hydrogen (secondary N) is 1. The summed E-state index contributed by atoms with van der Waals surface area (Å²) in [6, 6.07) is 13.6. The molecule has 0 saturated carbocycles. The monoisotopic (exact) mass is 439 g/mol. The molecule has 2 aromatic rings. The minimum atomic E-state index is -4.89. The molecule has 0 saturated heterocycles. The number of hydrogen-bond donors (Lipinski definition) is 3. The number of carbonyl (C=O) groups excluding carboxylic acids is 1. The van der Waals surface area contributed by atoms with Crippen LogP contribution in [0, 0.1) is 0 Å². The number of ether oxygens (including phenoxy) is 2. The first kappa shape index (κ1) is 22.6. The number of rotatable bonds is 8. The Morgan fingerprint density at radius 1 is 1.00 bits per heavy atom. The number of carbonyl (C=O) groups is 2. The zero-order valence-electron chi connectivity index (χ0n) is 16.1. The maximum absolute atomic E-state index is 12.3. The Bertz CT molecular complexity index is 903. The fraction of sp³-hybridized carbons (Fsp3) is 0.333. The highest BCUT2D eigenvalue weighted by Crippen LogP contribution is 2.44. The summed E-state index contributed by atoms with van der Waals surface area (Å²) in [5.41, 5.74) is 3.98. The van der Waals surface area contributed by atoms with Crippen molar-refractivity contribution in [2.24, 2.45) is 0 Å². The van der Waals surface area contributed by atoms with Crippen molar-refractivity contribution in [3.63, 3.8) is 0 Å². The summed E-state index contributed by atoms with van der Waals surface area (Å²) >= 11 is 0. The minimum absolute atomic E-state index is 0.0557. The number of amides is 1. The molecular weight excluding hydrogens is 419 g/mol. The lowest BCUT2D eigenvalue weighted by molar-refractivity contribution is -0.217. The molecule has 0 aromatic heterocycles. The second kappa shape index (κ2) is 9.36. The van der Waals surface area contributed by atoms with Crippen LogP contribution in [-0.2, 0) is 14.3 Å². The molecule has 31 heavy (non-hydrogen) atoms. The van der Waals surface area contributed by atoms with Crippen molar-refractivity contribution in [3.8, 4) is 11.1 Å². The third kappa shape index (κ3) is 5.33. The van der Waals surface area contributed by atoms with Gasteiger partial charge in [0, 0.05) is 5.92 Å². The molecule has 166 valence electrons. The van der Waals surface area contributed by atoms with Crippen LogP contribution in [0.3, 0.4) is 0 Å². The van der Waals surface area contributed by atoms with Crippen molar-refractivity contribution in [3.05, 3.63) is 59.7 Å². The van der Waals surface area contributed by atoms with Crippen molar-refractivity contribution in [2.75, 3.05) is 19.8 Å². The number of carboxylic acid groups (broad SMARTS) is 1. The van der Waals surface area contributed by atoms with Crippen LogP contribution in [0.25, 0.3) is 11.1 Å². The molecular formula is C21H20F3NO6. The van der Waals surface area contributed by atoms with E-state index in [1.165, 1.54) is 0 Å². The number of hydrogen-bond acceptors (Lipinski definition) is 5. The molecule has 2 atom stereocenters. The third-order valence-electron chi connectivity index (χ3n) is 4.87. The third-order valence-corrected chi connectivity index (χ3v) is 4.87. The van der Waals surface area contributed by atoms with Crippen molar-refractivity contribution < 1.29 is 42.4 Å². The number of aliphatic carboxylic acids is 1. The predicted molar refractivity (Wildman–Crippen MR) is 103 cm³/mol. The van der Waals surface area contributed by atoms with E-state index in [1.54, 1.807) is 0 Å². The van der Waals surface area contributed by atoms with E-state index in [-0.39, 0.29) is 12.5 Å². The molecule has 0 aliphatic heterocycles. The number of carboxylic acids is 1. The number of fused-ring (bicyclic) bond motifs is 3. The molecule has 1 aliphatic rings. The Labute approximate surface area is 175 Å². The number of aliphatic hydroxyl groups is 1. The fourth-order valence-electron chi connectivity index (χ4n) is 3.35. The van der Waals surface area contributed by atoms with E-state index in [1.807, 2.05) is 48.5 Å². The van der Waals surface area contributed by atoms with Crippen molar-refractivity contribution in [1.29, 1.82) is 0 Å². The Kier molecular flexibility index (Phi) is 6.81. The van der Waals surface area contributed by atoms with Crippen LogP contribution in [0.4, 0.5) is 18.0 Å². The van der Waals surface area contributed by atoms with Gasteiger partial charge in [0.25, 0.3) is 0 Å². The summed E-state index contributed by atoms with van der Waals surface area (Å²) in [5.74, 6) is -1.75. The van der Waals surface area contributed by atoms with E-state index >= 15 is 0 Å². The van der Waals surface area contributed by atoms with Gasteiger partial charge in [0.15, 0.2) is 12.1 Å². The van der Waals surface area contributed by atoms with E-state index in [9.17, 15) is 22.8 Å². The van der Waals surface area contributed by atoms with E-state index in [4.69, 9.17) is 14.9 Å². The Morgan fingerprint density at radius 2 is 1.55 bits per heavy atom. The van der Waals surface area contributed by atoms with Gasteiger partial charge in [-0.15, -0.1) is 0 Å². The van der Waals surface area contributed by atoms with Crippen LogP contribution in [-0.4, -0.2) is 60.4 Å². The summed E-state index contributed by atoms with van der Waals surface area (Å²) in [5, 5.41) is 20.1. The Hall–Kier alpha value is -3.11. The van der Waals surface area contributed by atoms with E-state index in [2.05, 4.69) is 10.1 Å². The molecule has 10 heteroatoms. The molecule has 2 unspecified atom stereocenters. The number of aliphatic hydroxyl groups excluding tert-OH is 1. The zero-order valence-corrected chi connectivity index (χ0v) is 16.1. The molecule has 0 bridgehead atoms. The quantitative estimate of drug-likeness (QED) is 0.584. The summed E-state index contributed by atoms with van der Waals surface area (Å²) < 4.78 is 46.6. The highest BCUT2D eigenvalue weighted by atomic mass is 19.4. The largest absolute Gasteiger partial charge is 0.480 e. The molecule has 3 rings (SSSR count). The van der Waals surface area contributed by atoms with Gasteiger partial charge in [-0.25, -0.2) is 9.59 Å². The number of halogens is 3. The Morgan fingerprint density at radius 3 is 2.06 bits per heavy atom. The lowest BCUT2D eigenvalue weighted by Gasteiger charge is -2.19. The van der Waals surface area contributed by atoms with Crippen LogP contribution in [0.5, 0.6) is 0 Å². The summed E-state index contributed by atoms with van der Waals surface area (Å²) in [6.45, 7) is -1.98. The fourth-order valence-corrected chi connectivity index (χ4v) is 3.35. The highest BCUT2D eigenvalue weighted by molar-refractivity contribution is 5.81. The molecule has 0 spiro atoms. The van der Waals surface area contributed by atoms with Crippen molar-refractivity contribution in [2.45, 2.75) is 24.2 Å². The van der Waals surface area contributed by atoms with E-state index in [0.29, 0.717) is 0 Å². The van der Waals surface area contributed by atoms with Crippen LogP contribution < -0.4 is 5.32 Å². The van der Waals surface area contributed by atoms with Gasteiger partial charge in [0.1, 0.15) is 6.61 Å². The van der Waals surface area contributed by atoms with Gasteiger partial charge in [0.05, 0.1) is 13.2 Å². The standard InChI is InChI=1S/C21H20F3NO6/c22-21(23,24)18(26)11-30-10-17(19(27)28)25-20(29)31-9-16-14-7-3-1-5-12(14)13-6-2-4-8-15(13)16/h1-8,16-18,26H,9-11H2,(H,25,29)(H,27,28). The van der Waals surface area contributed by atoms with Crippen LogP contribution >= 0.6 is 0 Å². The van der Waals surface area contributed by atoms with Crippen LogP contribution in [0.15, 0.2) is 48.5 Å². The molecule has 1 aliphatic carbocycles. The van der Waals surface area contributed by atoms with Gasteiger partial charge in [-0.3, -0.25) is 0 Å². The molecule has 2 aromatic carbocycles. The summed E-state index contributed by atoms with van der Waals surface area (Å²) in [6.07, 6.45) is -8.69. The summed E-state index contributed by atoms with van der Waals surface area (Å²) in [4.78, 5) is 23.4. The molecule has 0 fully saturated rings. The van der Waals surface area contributed by atoms with Gasteiger partial charge in [-0.1, -0.05) is 48.5 Å². The number of alkyl halides is 3. The predicted octanol–water partition coefficient (Wildman–Crippen LogP) is 2.92. The molecule has 3 N–H and O–H groups in total. The van der Waals surface area contributed by atoms with Crippen LogP contribution in [0.1, 0.15) is 17.0 Å². The zero-order chi connectivity index (χ0) is 22.6. The normalized spacial score (nSPS) is 15.0. The number of alkyl carbamates (subject to hydrolysis) is 1. The Balaban J connectivity index is 1.57. The first-order chi connectivity index (χ1) is 14.7. The van der Waals surface area contributed by atoms with Gasteiger partial charge in [-0.2, -0.15) is 13.2 Å². The second-order valence-corrected chi connectivity index (χ2v) is 6.96.